The Hall–Kier alpha value is -5.30. The average Bonchev–Trinajstić information content (AvgIpc) is 3.49. The van der Waals surface area contributed by atoms with Crippen molar-refractivity contribution < 1.29 is 28.3 Å². The molecule has 2 amide bonds. The van der Waals surface area contributed by atoms with Crippen molar-refractivity contribution in [2.75, 3.05) is 26.6 Å². The number of aryl methyl sites for hydroxylation is 1. The summed E-state index contributed by atoms with van der Waals surface area (Å²) in [6.45, 7) is 8.09. The first kappa shape index (κ1) is 30.7. The van der Waals surface area contributed by atoms with Crippen LogP contribution in [0.1, 0.15) is 63.9 Å². The minimum absolute atomic E-state index is 0.0264. The first-order chi connectivity index (χ1) is 20.5. The molecule has 4 rings (SSSR count). The molecule has 4 aromatic rings. The number of methoxy groups -OCH3 is 3. The van der Waals surface area contributed by atoms with Gasteiger partial charge in [-0.05, 0) is 53.8 Å². The summed E-state index contributed by atoms with van der Waals surface area (Å²) in [7, 11) is 4.51. The zero-order valence-electron chi connectivity index (χ0n) is 25.2. The number of rotatable bonds is 9. The third kappa shape index (κ3) is 6.62. The topological polar surface area (TPSA) is 136 Å². The maximum atomic E-state index is 13.4. The maximum Gasteiger partial charge on any atom is 0.290 e. The minimum atomic E-state index is -0.454. The van der Waals surface area contributed by atoms with Crippen molar-refractivity contribution in [3.8, 4) is 34.6 Å². The number of aromatic nitrogens is 1. The average molecular weight is 583 g/mol. The van der Waals surface area contributed by atoms with Crippen LogP contribution in [0.4, 0.5) is 5.69 Å². The number of nitrogens with zero attached hydrogens (tertiary/aromatic N) is 2. The Balaban J connectivity index is 1.55. The minimum Gasteiger partial charge on any atom is -0.495 e. The van der Waals surface area contributed by atoms with Crippen LogP contribution in [0.25, 0.3) is 11.3 Å². The summed E-state index contributed by atoms with van der Waals surface area (Å²) in [5, 5.41) is 19.5. The molecule has 2 N–H and O–H groups in total. The molecule has 0 bridgehead atoms. The van der Waals surface area contributed by atoms with E-state index in [1.807, 2.05) is 45.9 Å². The lowest BCUT2D eigenvalue weighted by Crippen LogP contribution is -2.22. The molecule has 0 aliphatic rings. The van der Waals surface area contributed by atoms with Crippen molar-refractivity contribution in [3.63, 3.8) is 0 Å². The van der Waals surface area contributed by atoms with Gasteiger partial charge in [-0.25, -0.2) is 0 Å². The van der Waals surface area contributed by atoms with Gasteiger partial charge in [0.1, 0.15) is 17.5 Å². The molecule has 0 spiro atoms. The summed E-state index contributed by atoms with van der Waals surface area (Å²) < 4.78 is 21.6. The van der Waals surface area contributed by atoms with Crippen LogP contribution in [-0.2, 0) is 12.0 Å². The van der Waals surface area contributed by atoms with Crippen LogP contribution in [0, 0.1) is 18.3 Å². The molecule has 1 aromatic heterocycles. The summed E-state index contributed by atoms with van der Waals surface area (Å²) >= 11 is 0. The van der Waals surface area contributed by atoms with E-state index in [9.17, 15) is 14.9 Å². The Morgan fingerprint density at radius 2 is 1.70 bits per heavy atom. The molecule has 222 valence electrons. The fourth-order valence-electron chi connectivity index (χ4n) is 4.57. The molecule has 10 nitrogen and oxygen atoms in total. The molecule has 43 heavy (non-hydrogen) atoms. The first-order valence-corrected chi connectivity index (χ1v) is 13.5. The number of hydrogen-bond donors (Lipinski definition) is 2. The van der Waals surface area contributed by atoms with Gasteiger partial charge in [-0.2, -0.15) is 5.26 Å². The molecule has 1 heterocycles. The SMILES string of the molecule is COc1cccc(CNC(=O)c2cc(-c3cc(NC(=O)c4cc(C(C)(C)C)cc(C#N)c4OC)ccc3C)no2)c1OC. The van der Waals surface area contributed by atoms with E-state index in [0.717, 1.165) is 16.7 Å². The summed E-state index contributed by atoms with van der Waals surface area (Å²) in [4.78, 5) is 26.3. The van der Waals surface area contributed by atoms with Gasteiger partial charge in [-0.3, -0.25) is 9.59 Å². The Labute approximate surface area is 250 Å². The lowest BCUT2D eigenvalue weighted by molar-refractivity contribution is 0.0913. The summed E-state index contributed by atoms with van der Waals surface area (Å²) in [6.07, 6.45) is 0. The van der Waals surface area contributed by atoms with Crippen molar-refractivity contribution in [1.82, 2.24) is 10.5 Å². The number of carbonyl (C=O) groups excluding carboxylic acids is 2. The highest BCUT2D eigenvalue weighted by atomic mass is 16.5. The van der Waals surface area contributed by atoms with Crippen molar-refractivity contribution in [2.24, 2.45) is 0 Å². The second-order valence-electron chi connectivity index (χ2n) is 10.9. The van der Waals surface area contributed by atoms with Crippen LogP contribution in [-0.4, -0.2) is 38.3 Å². The number of ether oxygens (including phenoxy) is 3. The molecule has 10 heteroatoms. The van der Waals surface area contributed by atoms with Crippen LogP contribution < -0.4 is 24.8 Å². The number of benzene rings is 3. The number of para-hydroxylation sites is 1. The number of amides is 2. The molecule has 0 saturated carbocycles. The quantitative estimate of drug-likeness (QED) is 0.244. The summed E-state index contributed by atoms with van der Waals surface area (Å²) in [6, 6.07) is 17.9. The second-order valence-corrected chi connectivity index (χ2v) is 10.9. The smallest absolute Gasteiger partial charge is 0.290 e. The van der Waals surface area contributed by atoms with Gasteiger partial charge in [0.2, 0.25) is 5.76 Å². The lowest BCUT2D eigenvalue weighted by Gasteiger charge is -2.22. The van der Waals surface area contributed by atoms with Crippen LogP contribution in [0.3, 0.4) is 0 Å². The van der Waals surface area contributed by atoms with E-state index < -0.39 is 11.8 Å². The summed E-state index contributed by atoms with van der Waals surface area (Å²) in [5.74, 6) is 0.443. The van der Waals surface area contributed by atoms with Gasteiger partial charge >= 0.3 is 0 Å². The first-order valence-electron chi connectivity index (χ1n) is 13.5. The zero-order valence-corrected chi connectivity index (χ0v) is 25.2. The van der Waals surface area contributed by atoms with E-state index in [0.29, 0.717) is 28.4 Å². The zero-order chi connectivity index (χ0) is 31.3. The molecule has 3 aromatic carbocycles. The van der Waals surface area contributed by atoms with Gasteiger partial charge in [0.25, 0.3) is 11.8 Å². The Bertz CT molecular complexity index is 1710. The summed E-state index contributed by atoms with van der Waals surface area (Å²) in [5.41, 5.74) is 4.26. The van der Waals surface area contributed by atoms with E-state index >= 15 is 0 Å². The number of carbonyl (C=O) groups is 2. The molecule has 0 fully saturated rings. The van der Waals surface area contributed by atoms with E-state index in [4.69, 9.17) is 18.7 Å². The van der Waals surface area contributed by atoms with Gasteiger partial charge in [0, 0.05) is 29.4 Å². The highest BCUT2D eigenvalue weighted by molar-refractivity contribution is 6.07. The van der Waals surface area contributed by atoms with Crippen LogP contribution in [0.5, 0.6) is 17.2 Å². The van der Waals surface area contributed by atoms with Gasteiger partial charge in [-0.1, -0.05) is 44.1 Å². The van der Waals surface area contributed by atoms with Crippen LogP contribution in [0.2, 0.25) is 0 Å². The largest absolute Gasteiger partial charge is 0.495 e. The van der Waals surface area contributed by atoms with Crippen molar-refractivity contribution >= 4 is 17.5 Å². The number of nitrogens with one attached hydrogen (secondary N) is 2. The van der Waals surface area contributed by atoms with Crippen LogP contribution >= 0.6 is 0 Å². The predicted octanol–water partition coefficient (Wildman–Crippen LogP) is 6.03. The van der Waals surface area contributed by atoms with Crippen molar-refractivity contribution in [3.05, 3.63) is 88.2 Å². The van der Waals surface area contributed by atoms with Gasteiger partial charge in [0.05, 0.1) is 32.5 Å². The molecule has 0 atom stereocenters. The van der Waals surface area contributed by atoms with E-state index in [1.165, 1.54) is 14.2 Å². The molecular weight excluding hydrogens is 548 g/mol. The van der Waals surface area contributed by atoms with Crippen molar-refractivity contribution in [1.29, 1.82) is 5.26 Å². The molecule has 0 aliphatic heterocycles. The molecule has 0 radical (unpaired) electrons. The molecular formula is C33H34N4O6. The lowest BCUT2D eigenvalue weighted by atomic mass is 9.84. The molecule has 0 aliphatic carbocycles. The van der Waals surface area contributed by atoms with E-state index in [1.54, 1.807) is 43.5 Å². The number of nitriles is 1. The number of hydrogen-bond acceptors (Lipinski definition) is 8. The standard InChI is InChI=1S/C33H34N4O6/c1-19-11-12-23(36-31(38)25-14-22(33(2,3)4)13-21(17-34)29(25)41-6)15-24(19)26-16-28(43-37-26)32(39)35-18-20-9-8-10-27(40-5)30(20)42-7/h8-16H,18H2,1-7H3,(H,35,39)(H,36,38). The monoisotopic (exact) mass is 582 g/mol. The third-order valence-corrected chi connectivity index (χ3v) is 6.95. The second kappa shape index (κ2) is 12.7. The Kier molecular flexibility index (Phi) is 9.05. The molecule has 0 saturated heterocycles. The van der Waals surface area contributed by atoms with Crippen molar-refractivity contribution in [2.45, 2.75) is 39.7 Å². The fourth-order valence-corrected chi connectivity index (χ4v) is 4.57. The van der Waals surface area contributed by atoms with Gasteiger partial charge < -0.3 is 29.4 Å². The van der Waals surface area contributed by atoms with E-state index in [2.05, 4.69) is 21.9 Å². The maximum absolute atomic E-state index is 13.4. The third-order valence-electron chi connectivity index (χ3n) is 6.95. The highest BCUT2D eigenvalue weighted by Crippen LogP contribution is 2.33. The van der Waals surface area contributed by atoms with Crippen LogP contribution in [0.15, 0.2) is 59.1 Å². The highest BCUT2D eigenvalue weighted by Gasteiger charge is 2.24. The Morgan fingerprint density at radius 3 is 2.35 bits per heavy atom. The molecule has 0 unspecified atom stereocenters. The van der Waals surface area contributed by atoms with E-state index in [-0.39, 0.29) is 34.6 Å². The Morgan fingerprint density at radius 1 is 0.953 bits per heavy atom. The number of anilines is 1. The fraction of sp³-hybridized carbons (Fsp3) is 0.273. The van der Waals surface area contributed by atoms with Gasteiger partial charge in [-0.15, -0.1) is 0 Å². The normalized spacial score (nSPS) is 10.9. The predicted molar refractivity (Wildman–Crippen MR) is 162 cm³/mol. The van der Waals surface area contributed by atoms with Gasteiger partial charge in [0.15, 0.2) is 11.5 Å².